The number of fused-ring (bicyclic) bond motifs is 1. The standard InChI is InChI=1S/C28H25ClN2O7/c1-3-35-21-9-10-23-20(13-21)14-25(38-23)27(32)31-30-15-18-11-22(29)26(24(12-18)36-4-2)37-16-17-5-7-19(8-6-17)28(33)34/h5-15H,3-4,16H2,1-2H3,(H,31,32)(H,33,34)/b30-15+. The largest absolute Gasteiger partial charge is 0.494 e. The number of carboxylic acid groups (broad SMARTS) is 1. The lowest BCUT2D eigenvalue weighted by atomic mass is 10.1. The lowest BCUT2D eigenvalue weighted by molar-refractivity contribution is 0.0696. The molecule has 4 rings (SSSR count). The Morgan fingerprint density at radius 1 is 1.00 bits per heavy atom. The second-order valence-corrected chi connectivity index (χ2v) is 8.40. The first-order valence-corrected chi connectivity index (χ1v) is 12.2. The third-order valence-corrected chi connectivity index (χ3v) is 5.60. The minimum atomic E-state index is -0.999. The number of rotatable bonds is 11. The summed E-state index contributed by atoms with van der Waals surface area (Å²) >= 11 is 6.46. The van der Waals surface area contributed by atoms with Gasteiger partial charge in [0.05, 0.1) is 30.0 Å². The molecule has 0 spiro atoms. The number of carbonyl (C=O) groups excluding carboxylic acids is 1. The van der Waals surface area contributed by atoms with Gasteiger partial charge in [-0.25, -0.2) is 10.2 Å². The molecule has 0 radical (unpaired) electrons. The summed E-state index contributed by atoms with van der Waals surface area (Å²) in [5.74, 6) is 0.0277. The number of carbonyl (C=O) groups is 2. The zero-order valence-electron chi connectivity index (χ0n) is 20.7. The Labute approximate surface area is 223 Å². The van der Waals surface area contributed by atoms with Crippen LogP contribution in [0.3, 0.4) is 0 Å². The summed E-state index contributed by atoms with van der Waals surface area (Å²) in [6.45, 7) is 4.79. The molecular formula is C28H25ClN2O7. The van der Waals surface area contributed by atoms with Gasteiger partial charge in [-0.3, -0.25) is 4.79 Å². The molecule has 1 aromatic heterocycles. The molecule has 0 bridgehead atoms. The molecule has 0 saturated heterocycles. The van der Waals surface area contributed by atoms with E-state index in [0.717, 1.165) is 10.9 Å². The smallest absolute Gasteiger partial charge is 0.335 e. The van der Waals surface area contributed by atoms with Crippen molar-refractivity contribution in [2.24, 2.45) is 5.10 Å². The van der Waals surface area contributed by atoms with Crippen LogP contribution in [0.25, 0.3) is 11.0 Å². The highest BCUT2D eigenvalue weighted by Crippen LogP contribution is 2.37. The quantitative estimate of drug-likeness (QED) is 0.180. The molecule has 10 heteroatoms. The number of nitrogens with one attached hydrogen (secondary N) is 1. The monoisotopic (exact) mass is 536 g/mol. The van der Waals surface area contributed by atoms with Crippen molar-refractivity contribution in [1.82, 2.24) is 5.43 Å². The van der Waals surface area contributed by atoms with Gasteiger partial charge in [0.15, 0.2) is 17.3 Å². The number of hydrazone groups is 1. The minimum Gasteiger partial charge on any atom is -0.494 e. The SMILES string of the molecule is CCOc1ccc2oc(C(=O)N/N=C/c3cc(Cl)c(OCc4ccc(C(=O)O)cc4)c(OCC)c3)cc2c1. The Hall–Kier alpha value is -4.50. The number of amides is 1. The highest BCUT2D eigenvalue weighted by Gasteiger charge is 2.14. The molecule has 3 aromatic carbocycles. The summed E-state index contributed by atoms with van der Waals surface area (Å²) in [4.78, 5) is 23.6. The van der Waals surface area contributed by atoms with Crippen LogP contribution in [0.2, 0.25) is 5.02 Å². The number of ether oxygens (including phenoxy) is 3. The van der Waals surface area contributed by atoms with Crippen molar-refractivity contribution in [2.45, 2.75) is 20.5 Å². The summed E-state index contributed by atoms with van der Waals surface area (Å²) in [6.07, 6.45) is 1.43. The Bertz CT molecular complexity index is 1480. The van der Waals surface area contributed by atoms with Crippen molar-refractivity contribution < 1.29 is 33.3 Å². The molecule has 196 valence electrons. The Kier molecular flexibility index (Phi) is 8.50. The van der Waals surface area contributed by atoms with Gasteiger partial charge in [0.25, 0.3) is 0 Å². The zero-order valence-corrected chi connectivity index (χ0v) is 21.4. The molecule has 0 aliphatic carbocycles. The molecule has 0 fully saturated rings. The van der Waals surface area contributed by atoms with Gasteiger partial charge in [0.2, 0.25) is 0 Å². The zero-order chi connectivity index (χ0) is 27.1. The minimum absolute atomic E-state index is 0.110. The van der Waals surface area contributed by atoms with Crippen molar-refractivity contribution in [3.63, 3.8) is 0 Å². The fourth-order valence-electron chi connectivity index (χ4n) is 3.57. The predicted octanol–water partition coefficient (Wildman–Crippen LogP) is 5.92. The Morgan fingerprint density at radius 2 is 1.76 bits per heavy atom. The van der Waals surface area contributed by atoms with Crippen LogP contribution in [0.1, 0.15) is 45.9 Å². The van der Waals surface area contributed by atoms with Crippen LogP contribution in [0.15, 0.2) is 70.2 Å². The first-order valence-electron chi connectivity index (χ1n) is 11.8. The average molecular weight is 537 g/mol. The van der Waals surface area contributed by atoms with E-state index in [1.807, 2.05) is 13.8 Å². The van der Waals surface area contributed by atoms with E-state index in [1.165, 1.54) is 18.3 Å². The highest BCUT2D eigenvalue weighted by atomic mass is 35.5. The van der Waals surface area contributed by atoms with E-state index in [2.05, 4.69) is 10.5 Å². The van der Waals surface area contributed by atoms with Crippen LogP contribution < -0.4 is 19.6 Å². The molecule has 9 nitrogen and oxygen atoms in total. The average Bonchev–Trinajstić information content (AvgIpc) is 3.32. The first kappa shape index (κ1) is 26.6. The maximum absolute atomic E-state index is 12.5. The van der Waals surface area contributed by atoms with Gasteiger partial charge in [-0.2, -0.15) is 5.10 Å². The van der Waals surface area contributed by atoms with E-state index in [1.54, 1.807) is 48.5 Å². The fraction of sp³-hybridized carbons (Fsp3) is 0.179. The summed E-state index contributed by atoms with van der Waals surface area (Å²) in [5, 5.41) is 14.1. The predicted molar refractivity (Wildman–Crippen MR) is 143 cm³/mol. The van der Waals surface area contributed by atoms with E-state index in [0.29, 0.717) is 41.6 Å². The van der Waals surface area contributed by atoms with Crippen LogP contribution in [-0.2, 0) is 6.61 Å². The second kappa shape index (κ2) is 12.2. The van der Waals surface area contributed by atoms with Crippen LogP contribution in [-0.4, -0.2) is 36.4 Å². The normalized spacial score (nSPS) is 11.0. The maximum Gasteiger partial charge on any atom is 0.335 e. The number of benzene rings is 3. The highest BCUT2D eigenvalue weighted by molar-refractivity contribution is 6.32. The molecule has 1 heterocycles. The van der Waals surface area contributed by atoms with E-state index in [9.17, 15) is 9.59 Å². The molecule has 0 aliphatic rings. The lowest BCUT2D eigenvalue weighted by Gasteiger charge is -2.14. The van der Waals surface area contributed by atoms with E-state index >= 15 is 0 Å². The van der Waals surface area contributed by atoms with Crippen LogP contribution in [0.4, 0.5) is 0 Å². The topological polar surface area (TPSA) is 120 Å². The van der Waals surface area contributed by atoms with Gasteiger partial charge in [0, 0.05) is 5.39 Å². The Morgan fingerprint density at radius 3 is 2.47 bits per heavy atom. The van der Waals surface area contributed by atoms with Gasteiger partial charge >= 0.3 is 11.9 Å². The van der Waals surface area contributed by atoms with E-state index < -0.39 is 11.9 Å². The van der Waals surface area contributed by atoms with E-state index in [-0.39, 0.29) is 23.0 Å². The van der Waals surface area contributed by atoms with Crippen molar-refractivity contribution >= 4 is 40.7 Å². The lowest BCUT2D eigenvalue weighted by Crippen LogP contribution is -2.16. The molecular weight excluding hydrogens is 512 g/mol. The molecule has 0 aliphatic heterocycles. The van der Waals surface area contributed by atoms with Crippen molar-refractivity contribution in [3.8, 4) is 17.2 Å². The second-order valence-electron chi connectivity index (χ2n) is 8.00. The van der Waals surface area contributed by atoms with Crippen LogP contribution in [0.5, 0.6) is 17.2 Å². The van der Waals surface area contributed by atoms with Gasteiger partial charge in [0.1, 0.15) is 17.9 Å². The molecule has 0 saturated carbocycles. The molecule has 0 atom stereocenters. The number of furan rings is 1. The number of carboxylic acids is 1. The number of nitrogens with zero attached hydrogens (tertiary/aromatic N) is 1. The van der Waals surface area contributed by atoms with E-state index in [4.69, 9.17) is 35.3 Å². The van der Waals surface area contributed by atoms with Crippen LogP contribution >= 0.6 is 11.6 Å². The van der Waals surface area contributed by atoms with Gasteiger partial charge in [-0.1, -0.05) is 23.7 Å². The number of aromatic carboxylic acids is 1. The Balaban J connectivity index is 1.44. The number of halogens is 1. The third-order valence-electron chi connectivity index (χ3n) is 5.32. The molecule has 1 amide bonds. The summed E-state index contributed by atoms with van der Waals surface area (Å²) in [5.41, 5.74) is 4.53. The van der Waals surface area contributed by atoms with Crippen molar-refractivity contribution in [1.29, 1.82) is 0 Å². The summed E-state index contributed by atoms with van der Waals surface area (Å²) < 4.78 is 22.7. The maximum atomic E-state index is 12.5. The molecule has 2 N–H and O–H groups in total. The van der Waals surface area contributed by atoms with Crippen LogP contribution in [0, 0.1) is 0 Å². The van der Waals surface area contributed by atoms with Gasteiger partial charge < -0.3 is 23.7 Å². The summed E-state index contributed by atoms with van der Waals surface area (Å²) in [7, 11) is 0. The molecule has 38 heavy (non-hydrogen) atoms. The first-order chi connectivity index (χ1) is 18.4. The number of hydrogen-bond acceptors (Lipinski definition) is 7. The van der Waals surface area contributed by atoms with Gasteiger partial charge in [-0.05, 0) is 73.5 Å². The van der Waals surface area contributed by atoms with Crippen molar-refractivity contribution in [3.05, 3.63) is 88.1 Å². The summed E-state index contributed by atoms with van der Waals surface area (Å²) in [6, 6.07) is 16.6. The third kappa shape index (κ3) is 6.43. The van der Waals surface area contributed by atoms with Crippen molar-refractivity contribution in [2.75, 3.05) is 13.2 Å². The van der Waals surface area contributed by atoms with Gasteiger partial charge in [-0.15, -0.1) is 0 Å². The number of hydrogen-bond donors (Lipinski definition) is 2. The molecule has 4 aromatic rings. The fourth-order valence-corrected chi connectivity index (χ4v) is 3.85. The molecule has 0 unspecified atom stereocenters.